The first-order chi connectivity index (χ1) is 15.6. The van der Waals surface area contributed by atoms with Crippen molar-refractivity contribution in [3.63, 3.8) is 0 Å². The molecule has 7 heteroatoms. The molecule has 6 nitrogen and oxygen atoms in total. The average molecular weight is 466 g/mol. The van der Waals surface area contributed by atoms with Gasteiger partial charge in [-0.1, -0.05) is 48.5 Å². The number of nitrogens with zero attached hydrogens (tertiary/aromatic N) is 1. The topological polar surface area (TPSA) is 83.9 Å². The fourth-order valence-corrected chi connectivity index (χ4v) is 5.43. The maximum absolute atomic E-state index is 13.5. The van der Waals surface area contributed by atoms with Crippen LogP contribution >= 0.6 is 0 Å². The van der Waals surface area contributed by atoms with Gasteiger partial charge in [0.15, 0.2) is 0 Å². The van der Waals surface area contributed by atoms with Crippen LogP contribution in [0, 0.1) is 0 Å². The predicted octanol–water partition coefficient (Wildman–Crippen LogP) is 4.73. The summed E-state index contributed by atoms with van der Waals surface area (Å²) in [6.45, 7) is 3.33. The Balaban J connectivity index is 1.65. The molecule has 3 aromatic carbocycles. The number of hydrogen-bond donors (Lipinski definition) is 1. The zero-order valence-corrected chi connectivity index (χ0v) is 19.5. The van der Waals surface area contributed by atoms with E-state index in [1.54, 1.807) is 18.2 Å². The van der Waals surface area contributed by atoms with E-state index in [4.69, 9.17) is 4.74 Å². The number of sulfonamides is 1. The fraction of sp³-hybridized carbons (Fsp3) is 0.269. The van der Waals surface area contributed by atoms with Crippen molar-refractivity contribution >= 4 is 16.0 Å². The molecular formula is C26H27NO5S. The van der Waals surface area contributed by atoms with Crippen LogP contribution in [0.3, 0.4) is 0 Å². The molecule has 172 valence electrons. The third-order valence-electron chi connectivity index (χ3n) is 5.76. The van der Waals surface area contributed by atoms with Gasteiger partial charge in [-0.3, -0.25) is 4.79 Å². The lowest BCUT2D eigenvalue weighted by molar-refractivity contribution is -0.137. The molecule has 0 fully saturated rings. The van der Waals surface area contributed by atoms with Crippen LogP contribution in [0.1, 0.15) is 31.4 Å². The maximum atomic E-state index is 13.5. The van der Waals surface area contributed by atoms with Crippen LogP contribution in [0.25, 0.3) is 11.1 Å². The van der Waals surface area contributed by atoms with Gasteiger partial charge >= 0.3 is 5.97 Å². The van der Waals surface area contributed by atoms with Crippen molar-refractivity contribution in [2.24, 2.45) is 0 Å². The third kappa shape index (κ3) is 5.26. The SMILES string of the molecule is CC1(C)CCc2cc(S(=O)(=O)N(CC(=O)O)Cc3cccc(-c4ccccc4)c3)ccc2O1. The Morgan fingerprint density at radius 1 is 1.00 bits per heavy atom. The maximum Gasteiger partial charge on any atom is 0.318 e. The fourth-order valence-electron chi connectivity index (χ4n) is 4.00. The summed E-state index contributed by atoms with van der Waals surface area (Å²) in [5.74, 6) is -0.536. The first-order valence-electron chi connectivity index (χ1n) is 10.8. The summed E-state index contributed by atoms with van der Waals surface area (Å²) in [5, 5.41) is 9.43. The first kappa shape index (κ1) is 23.0. The molecule has 33 heavy (non-hydrogen) atoms. The molecule has 1 aliphatic rings. The van der Waals surface area contributed by atoms with Crippen molar-refractivity contribution in [2.75, 3.05) is 6.54 Å². The largest absolute Gasteiger partial charge is 0.488 e. The van der Waals surface area contributed by atoms with Crippen molar-refractivity contribution in [3.05, 3.63) is 83.9 Å². The highest BCUT2D eigenvalue weighted by Crippen LogP contribution is 2.35. The molecule has 0 amide bonds. The van der Waals surface area contributed by atoms with Gasteiger partial charge in [0.2, 0.25) is 10.0 Å². The molecular weight excluding hydrogens is 438 g/mol. The number of fused-ring (bicyclic) bond motifs is 1. The molecule has 1 aliphatic heterocycles. The van der Waals surface area contributed by atoms with E-state index in [9.17, 15) is 18.3 Å². The zero-order chi connectivity index (χ0) is 23.6. The Kier molecular flexibility index (Phi) is 6.28. The lowest BCUT2D eigenvalue weighted by atomic mass is 9.94. The summed E-state index contributed by atoms with van der Waals surface area (Å²) in [4.78, 5) is 11.6. The van der Waals surface area contributed by atoms with E-state index in [1.165, 1.54) is 6.07 Å². The Bertz CT molecular complexity index is 1270. The Morgan fingerprint density at radius 3 is 2.45 bits per heavy atom. The molecule has 0 atom stereocenters. The molecule has 0 spiro atoms. The standard InChI is InChI=1S/C26H27NO5S/c1-26(2)14-13-22-16-23(11-12-24(22)32-26)33(30,31)27(18-25(28)29)17-19-7-6-10-21(15-19)20-8-4-3-5-9-20/h3-12,15-16H,13-14,17-18H2,1-2H3,(H,28,29). The summed E-state index contributed by atoms with van der Waals surface area (Å²) < 4.78 is 33.9. The third-order valence-corrected chi connectivity index (χ3v) is 7.54. The van der Waals surface area contributed by atoms with Gasteiger partial charge in [0.1, 0.15) is 17.9 Å². The second-order valence-electron chi connectivity index (χ2n) is 8.86. The molecule has 0 radical (unpaired) electrons. The Labute approximate surface area is 194 Å². The van der Waals surface area contributed by atoms with E-state index in [0.717, 1.165) is 27.4 Å². The zero-order valence-electron chi connectivity index (χ0n) is 18.7. The number of rotatable bonds is 7. The normalized spacial score (nSPS) is 15.0. The number of benzene rings is 3. The highest BCUT2D eigenvalue weighted by atomic mass is 32.2. The number of carbonyl (C=O) groups is 1. The number of aryl methyl sites for hydroxylation is 1. The van der Waals surface area contributed by atoms with Gasteiger partial charge in [0.25, 0.3) is 0 Å². The summed E-state index contributed by atoms with van der Waals surface area (Å²) in [6.07, 6.45) is 1.47. The van der Waals surface area contributed by atoms with Crippen LogP contribution in [0.5, 0.6) is 5.75 Å². The molecule has 0 bridgehead atoms. The van der Waals surface area contributed by atoms with Crippen LogP contribution in [0.15, 0.2) is 77.7 Å². The molecule has 0 saturated carbocycles. The van der Waals surface area contributed by atoms with Gasteiger partial charge < -0.3 is 9.84 Å². The number of hydrogen-bond acceptors (Lipinski definition) is 4. The van der Waals surface area contributed by atoms with Crippen LogP contribution in [0.4, 0.5) is 0 Å². The van der Waals surface area contributed by atoms with E-state index in [2.05, 4.69) is 0 Å². The highest BCUT2D eigenvalue weighted by Gasteiger charge is 2.31. The van der Waals surface area contributed by atoms with Gasteiger partial charge in [-0.2, -0.15) is 4.31 Å². The second kappa shape index (κ2) is 9.00. The number of ether oxygens (including phenoxy) is 1. The molecule has 0 aliphatic carbocycles. The van der Waals surface area contributed by atoms with Gasteiger partial charge in [-0.05, 0) is 73.2 Å². The van der Waals surface area contributed by atoms with Crippen LogP contribution in [-0.2, 0) is 27.8 Å². The average Bonchev–Trinajstić information content (AvgIpc) is 2.78. The second-order valence-corrected chi connectivity index (χ2v) is 10.8. The molecule has 0 saturated heterocycles. The lowest BCUT2D eigenvalue weighted by Gasteiger charge is -2.33. The van der Waals surface area contributed by atoms with Crippen molar-refractivity contribution in [2.45, 2.75) is 43.7 Å². The molecule has 3 aromatic rings. The quantitative estimate of drug-likeness (QED) is 0.545. The highest BCUT2D eigenvalue weighted by molar-refractivity contribution is 7.89. The van der Waals surface area contributed by atoms with Gasteiger partial charge in [-0.25, -0.2) is 8.42 Å². The van der Waals surface area contributed by atoms with Gasteiger partial charge in [0, 0.05) is 6.54 Å². The van der Waals surface area contributed by atoms with Crippen LogP contribution in [0.2, 0.25) is 0 Å². The van der Waals surface area contributed by atoms with Crippen LogP contribution in [-0.4, -0.2) is 35.9 Å². The molecule has 1 N–H and O–H groups in total. The molecule has 1 heterocycles. The summed E-state index contributed by atoms with van der Waals surface area (Å²) in [6, 6.07) is 22.0. The summed E-state index contributed by atoms with van der Waals surface area (Å²) in [5.41, 5.74) is 3.17. The monoisotopic (exact) mass is 465 g/mol. The van der Waals surface area contributed by atoms with Crippen LogP contribution < -0.4 is 4.74 Å². The number of aliphatic carboxylic acids is 1. The smallest absolute Gasteiger partial charge is 0.318 e. The first-order valence-corrected chi connectivity index (χ1v) is 12.3. The van der Waals surface area contributed by atoms with Crippen molar-refractivity contribution in [3.8, 4) is 16.9 Å². The van der Waals surface area contributed by atoms with E-state index in [-0.39, 0.29) is 17.0 Å². The van der Waals surface area contributed by atoms with Gasteiger partial charge in [-0.15, -0.1) is 0 Å². The lowest BCUT2D eigenvalue weighted by Crippen LogP contribution is -2.36. The minimum absolute atomic E-state index is 0.0457. The molecule has 0 aromatic heterocycles. The van der Waals surface area contributed by atoms with E-state index in [0.29, 0.717) is 17.7 Å². The summed E-state index contributed by atoms with van der Waals surface area (Å²) >= 11 is 0. The van der Waals surface area contributed by atoms with E-state index in [1.807, 2.05) is 62.4 Å². The predicted molar refractivity (Wildman–Crippen MR) is 127 cm³/mol. The van der Waals surface area contributed by atoms with Gasteiger partial charge in [0.05, 0.1) is 4.90 Å². The molecule has 0 unspecified atom stereocenters. The van der Waals surface area contributed by atoms with Crippen molar-refractivity contribution in [1.29, 1.82) is 0 Å². The minimum atomic E-state index is -4.04. The molecule has 4 rings (SSSR count). The van der Waals surface area contributed by atoms with Crippen molar-refractivity contribution in [1.82, 2.24) is 4.31 Å². The summed E-state index contributed by atoms with van der Waals surface area (Å²) in [7, 11) is -4.04. The Morgan fingerprint density at radius 2 is 1.73 bits per heavy atom. The van der Waals surface area contributed by atoms with Crippen molar-refractivity contribution < 1.29 is 23.1 Å². The number of carboxylic acids is 1. The van der Waals surface area contributed by atoms with E-state index >= 15 is 0 Å². The minimum Gasteiger partial charge on any atom is -0.488 e. The Hall–Kier alpha value is -3.16. The van der Waals surface area contributed by atoms with E-state index < -0.39 is 22.5 Å². The number of carboxylic acid groups (broad SMARTS) is 1.